The van der Waals surface area contributed by atoms with E-state index in [2.05, 4.69) is 10.3 Å². The van der Waals surface area contributed by atoms with Crippen LogP contribution in [-0.4, -0.2) is 25.1 Å². The lowest BCUT2D eigenvalue weighted by Crippen LogP contribution is -2.13. The van der Waals surface area contributed by atoms with Crippen molar-refractivity contribution in [3.63, 3.8) is 0 Å². The van der Waals surface area contributed by atoms with Crippen LogP contribution in [0.15, 0.2) is 40.8 Å². The third kappa shape index (κ3) is 3.79. The molecule has 0 unspecified atom stereocenters. The number of nitrogens with one attached hydrogen (secondary N) is 1. The predicted octanol–water partition coefficient (Wildman–Crippen LogP) is 4.50. The number of carbonyl (C=O) groups excluding carboxylic acids is 1. The van der Waals surface area contributed by atoms with Gasteiger partial charge in [0.2, 0.25) is 11.8 Å². The van der Waals surface area contributed by atoms with E-state index in [1.807, 2.05) is 32.0 Å². The van der Waals surface area contributed by atoms with Crippen LogP contribution in [0.25, 0.3) is 22.6 Å². The van der Waals surface area contributed by atoms with Crippen molar-refractivity contribution in [2.45, 2.75) is 20.3 Å². The summed E-state index contributed by atoms with van der Waals surface area (Å²) in [5.74, 6) is 2.02. The molecule has 136 valence electrons. The summed E-state index contributed by atoms with van der Waals surface area (Å²) in [6.45, 7) is 4.02. The molecule has 0 saturated heterocycles. The maximum absolute atomic E-state index is 11.9. The molecule has 6 nitrogen and oxygen atoms in total. The van der Waals surface area contributed by atoms with Crippen LogP contribution in [0.4, 0.5) is 5.69 Å². The number of ether oxygens (including phenoxy) is 2. The van der Waals surface area contributed by atoms with Crippen LogP contribution in [0, 0.1) is 5.92 Å². The zero-order valence-electron chi connectivity index (χ0n) is 15.3. The zero-order valence-corrected chi connectivity index (χ0v) is 15.3. The Morgan fingerprint density at radius 3 is 2.58 bits per heavy atom. The van der Waals surface area contributed by atoms with Crippen LogP contribution in [0.2, 0.25) is 0 Å². The third-order valence-corrected chi connectivity index (χ3v) is 3.90. The molecule has 2 aromatic carbocycles. The Balaban J connectivity index is 1.89. The molecule has 0 bridgehead atoms. The van der Waals surface area contributed by atoms with Gasteiger partial charge in [0.15, 0.2) is 17.1 Å². The summed E-state index contributed by atoms with van der Waals surface area (Å²) in [4.78, 5) is 16.5. The van der Waals surface area contributed by atoms with Crippen LogP contribution in [0.5, 0.6) is 11.5 Å². The van der Waals surface area contributed by atoms with E-state index in [1.54, 1.807) is 32.4 Å². The largest absolute Gasteiger partial charge is 0.493 e. The molecule has 26 heavy (non-hydrogen) atoms. The third-order valence-electron chi connectivity index (χ3n) is 3.90. The Hall–Kier alpha value is -3.02. The summed E-state index contributed by atoms with van der Waals surface area (Å²) in [6.07, 6.45) is 0.480. The molecule has 0 spiro atoms. The second-order valence-corrected chi connectivity index (χ2v) is 6.42. The molecule has 6 heteroatoms. The van der Waals surface area contributed by atoms with E-state index in [0.717, 1.165) is 5.56 Å². The van der Waals surface area contributed by atoms with Crippen LogP contribution < -0.4 is 14.8 Å². The van der Waals surface area contributed by atoms with Gasteiger partial charge in [-0.1, -0.05) is 13.8 Å². The molecule has 0 fully saturated rings. The number of carbonyl (C=O) groups is 1. The minimum absolute atomic E-state index is 0.0111. The number of hydrogen-bond donors (Lipinski definition) is 1. The lowest BCUT2D eigenvalue weighted by Gasteiger charge is -2.07. The van der Waals surface area contributed by atoms with E-state index in [4.69, 9.17) is 13.9 Å². The average Bonchev–Trinajstić information content (AvgIpc) is 3.03. The number of anilines is 1. The van der Waals surface area contributed by atoms with E-state index in [-0.39, 0.29) is 5.91 Å². The first-order valence-electron chi connectivity index (χ1n) is 8.43. The van der Waals surface area contributed by atoms with Gasteiger partial charge in [-0.05, 0) is 42.3 Å². The Morgan fingerprint density at radius 1 is 1.12 bits per heavy atom. The fourth-order valence-electron chi connectivity index (χ4n) is 2.68. The van der Waals surface area contributed by atoms with Crippen molar-refractivity contribution in [2.75, 3.05) is 19.5 Å². The highest BCUT2D eigenvalue weighted by atomic mass is 16.5. The van der Waals surface area contributed by atoms with Gasteiger partial charge in [-0.2, -0.15) is 0 Å². The Morgan fingerprint density at radius 2 is 1.88 bits per heavy atom. The summed E-state index contributed by atoms with van der Waals surface area (Å²) < 4.78 is 16.4. The molecule has 0 aliphatic heterocycles. The van der Waals surface area contributed by atoms with Crippen molar-refractivity contribution in [3.8, 4) is 23.0 Å². The van der Waals surface area contributed by atoms with Crippen molar-refractivity contribution in [1.29, 1.82) is 0 Å². The molecule has 1 amide bonds. The smallest absolute Gasteiger partial charge is 0.227 e. The van der Waals surface area contributed by atoms with Crippen LogP contribution >= 0.6 is 0 Å². The number of aromatic nitrogens is 1. The molecule has 0 radical (unpaired) electrons. The summed E-state index contributed by atoms with van der Waals surface area (Å²) in [5.41, 5.74) is 2.81. The standard InChI is InChI=1S/C20H22N2O4/c1-12(2)9-19(23)21-14-6-8-16-15(11-14)22-20(26-16)13-5-7-17(24-3)18(10-13)25-4/h5-8,10-12H,9H2,1-4H3,(H,21,23). The monoisotopic (exact) mass is 354 g/mol. The highest BCUT2D eigenvalue weighted by Gasteiger charge is 2.13. The van der Waals surface area contributed by atoms with E-state index >= 15 is 0 Å². The summed E-state index contributed by atoms with van der Waals surface area (Å²) >= 11 is 0. The molecule has 0 saturated carbocycles. The summed E-state index contributed by atoms with van der Waals surface area (Å²) in [6, 6.07) is 10.9. The van der Waals surface area contributed by atoms with Crippen molar-refractivity contribution < 1.29 is 18.7 Å². The number of nitrogens with zero attached hydrogens (tertiary/aromatic N) is 1. The fourth-order valence-corrected chi connectivity index (χ4v) is 2.68. The Kier molecular flexibility index (Phi) is 5.11. The van der Waals surface area contributed by atoms with Crippen LogP contribution in [-0.2, 0) is 4.79 Å². The Bertz CT molecular complexity index is 931. The molecule has 0 aliphatic rings. The van der Waals surface area contributed by atoms with E-state index in [9.17, 15) is 4.79 Å². The first-order chi connectivity index (χ1) is 12.5. The molecule has 1 N–H and O–H groups in total. The number of fused-ring (bicyclic) bond motifs is 1. The van der Waals surface area contributed by atoms with E-state index in [0.29, 0.717) is 46.5 Å². The van der Waals surface area contributed by atoms with Crippen LogP contribution in [0.1, 0.15) is 20.3 Å². The maximum atomic E-state index is 11.9. The number of benzene rings is 2. The molecular weight excluding hydrogens is 332 g/mol. The molecule has 1 heterocycles. The SMILES string of the molecule is COc1ccc(-c2nc3cc(NC(=O)CC(C)C)ccc3o2)cc1OC. The van der Waals surface area contributed by atoms with Gasteiger partial charge >= 0.3 is 0 Å². The molecule has 3 rings (SSSR count). The second-order valence-electron chi connectivity index (χ2n) is 6.42. The quantitative estimate of drug-likeness (QED) is 0.706. The summed E-state index contributed by atoms with van der Waals surface area (Å²) in [7, 11) is 3.17. The maximum Gasteiger partial charge on any atom is 0.227 e. The van der Waals surface area contributed by atoms with Gasteiger partial charge in [0.25, 0.3) is 0 Å². The zero-order chi connectivity index (χ0) is 18.7. The molecular formula is C20H22N2O4. The minimum Gasteiger partial charge on any atom is -0.493 e. The highest BCUT2D eigenvalue weighted by Crippen LogP contribution is 2.33. The van der Waals surface area contributed by atoms with Gasteiger partial charge in [-0.3, -0.25) is 4.79 Å². The van der Waals surface area contributed by atoms with Gasteiger partial charge < -0.3 is 19.2 Å². The van der Waals surface area contributed by atoms with E-state index in [1.165, 1.54) is 0 Å². The summed E-state index contributed by atoms with van der Waals surface area (Å²) in [5, 5.41) is 2.89. The first-order valence-corrected chi connectivity index (χ1v) is 8.43. The van der Waals surface area contributed by atoms with Crippen molar-refractivity contribution in [1.82, 2.24) is 4.98 Å². The number of rotatable bonds is 6. The fraction of sp³-hybridized carbons (Fsp3) is 0.300. The average molecular weight is 354 g/mol. The second kappa shape index (κ2) is 7.47. The minimum atomic E-state index is -0.0111. The van der Waals surface area contributed by atoms with Gasteiger partial charge in [0, 0.05) is 17.7 Å². The van der Waals surface area contributed by atoms with Gasteiger partial charge in [0.05, 0.1) is 14.2 Å². The number of amides is 1. The lowest BCUT2D eigenvalue weighted by atomic mass is 10.1. The van der Waals surface area contributed by atoms with Crippen molar-refractivity contribution >= 4 is 22.7 Å². The molecule has 3 aromatic rings. The topological polar surface area (TPSA) is 73.6 Å². The number of hydrogen-bond acceptors (Lipinski definition) is 5. The molecule has 0 aliphatic carbocycles. The van der Waals surface area contributed by atoms with Crippen molar-refractivity contribution in [2.24, 2.45) is 5.92 Å². The van der Waals surface area contributed by atoms with E-state index < -0.39 is 0 Å². The normalized spacial score (nSPS) is 11.0. The molecule has 1 aromatic heterocycles. The van der Waals surface area contributed by atoms with Crippen LogP contribution in [0.3, 0.4) is 0 Å². The van der Waals surface area contributed by atoms with Gasteiger partial charge in [-0.25, -0.2) is 4.98 Å². The van der Waals surface area contributed by atoms with Crippen molar-refractivity contribution in [3.05, 3.63) is 36.4 Å². The first kappa shape index (κ1) is 17.8. The number of oxazole rings is 1. The predicted molar refractivity (Wildman–Crippen MR) is 101 cm³/mol. The highest BCUT2D eigenvalue weighted by molar-refractivity contribution is 5.93. The lowest BCUT2D eigenvalue weighted by molar-refractivity contribution is -0.116. The number of methoxy groups -OCH3 is 2. The van der Waals surface area contributed by atoms with Gasteiger partial charge in [-0.15, -0.1) is 0 Å². The Labute approximate surface area is 152 Å². The van der Waals surface area contributed by atoms with Gasteiger partial charge in [0.1, 0.15) is 5.52 Å². The molecule has 0 atom stereocenters.